The van der Waals surface area contributed by atoms with Crippen molar-refractivity contribution < 1.29 is 0 Å². The van der Waals surface area contributed by atoms with Gasteiger partial charge in [-0.15, -0.1) is 11.3 Å². The third-order valence-electron chi connectivity index (χ3n) is 3.51. The van der Waals surface area contributed by atoms with Gasteiger partial charge in [-0.2, -0.15) is 0 Å². The van der Waals surface area contributed by atoms with E-state index in [0.29, 0.717) is 6.04 Å². The molecule has 0 aliphatic carbocycles. The van der Waals surface area contributed by atoms with Crippen molar-refractivity contribution in [2.75, 3.05) is 5.73 Å². The molecule has 2 aromatic rings. The number of aryl methyl sites for hydroxylation is 2. The first kappa shape index (κ1) is 15.0. The second-order valence-corrected chi connectivity index (χ2v) is 6.78. The fourth-order valence-corrected chi connectivity index (χ4v) is 3.02. The Morgan fingerprint density at radius 3 is 2.30 bits per heavy atom. The summed E-state index contributed by atoms with van der Waals surface area (Å²) in [4.78, 5) is 8.39. The molecule has 0 aliphatic rings. The number of nitrogens with two attached hydrogens (primary N) is 1. The maximum absolute atomic E-state index is 5.74. The third kappa shape index (κ3) is 3.81. The largest absolute Gasteiger partial charge is 0.399 e. The van der Waals surface area contributed by atoms with Gasteiger partial charge in [0.25, 0.3) is 0 Å². The molecule has 2 N–H and O–H groups in total. The summed E-state index contributed by atoms with van der Waals surface area (Å²) in [5.74, 6) is 0. The highest BCUT2D eigenvalue weighted by atomic mass is 32.1. The van der Waals surface area contributed by atoms with E-state index in [-0.39, 0.29) is 0 Å². The number of rotatable bonds is 5. The number of nitrogens with zero attached hydrogens (tertiary/aromatic N) is 2. The first-order valence-electron chi connectivity index (χ1n) is 6.97. The fraction of sp³-hybridized carbons (Fsp3) is 0.438. The van der Waals surface area contributed by atoms with Crippen LogP contribution in [0.1, 0.15) is 35.0 Å². The van der Waals surface area contributed by atoms with Crippen molar-refractivity contribution in [3.8, 4) is 0 Å². The molecule has 1 aromatic carbocycles. The number of aromatic nitrogens is 1. The van der Waals surface area contributed by atoms with Gasteiger partial charge in [0.1, 0.15) is 5.01 Å². The lowest BCUT2D eigenvalue weighted by molar-refractivity contribution is 0.203. The van der Waals surface area contributed by atoms with Crippen LogP contribution in [0.15, 0.2) is 24.3 Å². The van der Waals surface area contributed by atoms with Gasteiger partial charge in [-0.1, -0.05) is 12.1 Å². The predicted octanol–water partition coefficient (Wildman–Crippen LogP) is 3.75. The highest BCUT2D eigenvalue weighted by Crippen LogP contribution is 2.20. The Bertz CT molecular complexity index is 538. The topological polar surface area (TPSA) is 42.2 Å². The molecule has 0 bridgehead atoms. The molecular formula is C16H23N3S. The molecule has 4 heteroatoms. The minimum absolute atomic E-state index is 0.483. The molecule has 0 spiro atoms. The molecule has 0 radical (unpaired) electrons. The van der Waals surface area contributed by atoms with Crippen LogP contribution in [0.4, 0.5) is 5.69 Å². The molecule has 108 valence electrons. The molecule has 0 unspecified atom stereocenters. The molecule has 0 atom stereocenters. The molecule has 2 rings (SSSR count). The summed E-state index contributed by atoms with van der Waals surface area (Å²) in [6.07, 6.45) is 0. The zero-order valence-corrected chi connectivity index (χ0v) is 13.5. The Morgan fingerprint density at radius 2 is 1.80 bits per heavy atom. The summed E-state index contributed by atoms with van der Waals surface area (Å²) in [6, 6.07) is 8.61. The van der Waals surface area contributed by atoms with Crippen molar-refractivity contribution in [2.24, 2.45) is 0 Å². The van der Waals surface area contributed by atoms with E-state index in [0.717, 1.165) is 24.5 Å². The van der Waals surface area contributed by atoms with Crippen LogP contribution in [-0.4, -0.2) is 15.9 Å². The van der Waals surface area contributed by atoms with Crippen molar-refractivity contribution in [3.05, 3.63) is 45.4 Å². The molecule has 3 nitrogen and oxygen atoms in total. The van der Waals surface area contributed by atoms with Crippen LogP contribution in [0.5, 0.6) is 0 Å². The minimum Gasteiger partial charge on any atom is -0.399 e. The maximum atomic E-state index is 5.74. The zero-order chi connectivity index (χ0) is 14.7. The first-order chi connectivity index (χ1) is 9.45. The van der Waals surface area contributed by atoms with Gasteiger partial charge in [0.2, 0.25) is 0 Å². The van der Waals surface area contributed by atoms with Crippen LogP contribution in [0, 0.1) is 13.8 Å². The standard InChI is InChI=1S/C16H23N3S/c1-11(2)19(9-14-5-7-15(17)8-6-14)10-16-18-12(3)13(4)20-16/h5-8,11H,9-10,17H2,1-4H3. The van der Waals surface area contributed by atoms with Gasteiger partial charge < -0.3 is 5.73 Å². The zero-order valence-electron chi connectivity index (χ0n) is 12.7. The van der Waals surface area contributed by atoms with E-state index >= 15 is 0 Å². The highest BCUT2D eigenvalue weighted by Gasteiger charge is 2.14. The van der Waals surface area contributed by atoms with Crippen LogP contribution < -0.4 is 5.73 Å². The van der Waals surface area contributed by atoms with Crippen molar-refractivity contribution in [1.82, 2.24) is 9.88 Å². The van der Waals surface area contributed by atoms with E-state index in [9.17, 15) is 0 Å². The lowest BCUT2D eigenvalue weighted by Crippen LogP contribution is -2.29. The van der Waals surface area contributed by atoms with Gasteiger partial charge in [0.15, 0.2) is 0 Å². The SMILES string of the molecule is Cc1nc(CN(Cc2ccc(N)cc2)C(C)C)sc1C. The first-order valence-corrected chi connectivity index (χ1v) is 7.78. The summed E-state index contributed by atoms with van der Waals surface area (Å²) >= 11 is 1.80. The van der Waals surface area contributed by atoms with E-state index < -0.39 is 0 Å². The van der Waals surface area contributed by atoms with E-state index in [1.54, 1.807) is 11.3 Å². The molecule has 0 amide bonds. The number of hydrogen-bond acceptors (Lipinski definition) is 4. The van der Waals surface area contributed by atoms with Crippen molar-refractivity contribution >= 4 is 17.0 Å². The van der Waals surface area contributed by atoms with Gasteiger partial charge in [-0.3, -0.25) is 4.90 Å². The van der Waals surface area contributed by atoms with Gasteiger partial charge in [-0.05, 0) is 45.4 Å². The van der Waals surface area contributed by atoms with Crippen LogP contribution in [0.2, 0.25) is 0 Å². The summed E-state index contributed by atoms with van der Waals surface area (Å²) in [7, 11) is 0. The van der Waals surface area contributed by atoms with E-state index in [1.807, 2.05) is 12.1 Å². The predicted molar refractivity (Wildman–Crippen MR) is 86.8 cm³/mol. The molecule has 0 saturated heterocycles. The van der Waals surface area contributed by atoms with Gasteiger partial charge in [0, 0.05) is 23.2 Å². The molecule has 0 aliphatic heterocycles. The average Bonchev–Trinajstić information content (AvgIpc) is 2.70. The van der Waals surface area contributed by atoms with Crippen LogP contribution >= 0.6 is 11.3 Å². The Morgan fingerprint density at radius 1 is 1.15 bits per heavy atom. The Hall–Kier alpha value is -1.39. The third-order valence-corrected chi connectivity index (χ3v) is 4.56. The number of thiazole rings is 1. The van der Waals surface area contributed by atoms with Crippen LogP contribution in [0.25, 0.3) is 0 Å². The number of nitrogen functional groups attached to an aromatic ring is 1. The van der Waals surface area contributed by atoms with Crippen LogP contribution in [-0.2, 0) is 13.1 Å². The average molecular weight is 289 g/mol. The van der Waals surface area contributed by atoms with Crippen molar-refractivity contribution in [1.29, 1.82) is 0 Å². The Kier molecular flexibility index (Phi) is 4.78. The molecule has 1 heterocycles. The normalized spacial score (nSPS) is 11.5. The maximum Gasteiger partial charge on any atom is 0.107 e. The van der Waals surface area contributed by atoms with E-state index in [1.165, 1.54) is 15.4 Å². The van der Waals surface area contributed by atoms with Gasteiger partial charge >= 0.3 is 0 Å². The van der Waals surface area contributed by atoms with Crippen molar-refractivity contribution in [2.45, 2.75) is 46.8 Å². The summed E-state index contributed by atoms with van der Waals surface area (Å²) < 4.78 is 0. The quantitative estimate of drug-likeness (QED) is 0.852. The molecule has 0 fully saturated rings. The fourth-order valence-electron chi connectivity index (χ4n) is 2.06. The summed E-state index contributed by atoms with van der Waals surface area (Å²) in [6.45, 7) is 10.5. The van der Waals surface area contributed by atoms with Crippen molar-refractivity contribution in [3.63, 3.8) is 0 Å². The van der Waals surface area contributed by atoms with E-state index in [2.05, 4.69) is 49.7 Å². The van der Waals surface area contributed by atoms with E-state index in [4.69, 9.17) is 5.73 Å². The smallest absolute Gasteiger partial charge is 0.107 e. The summed E-state index contributed by atoms with van der Waals surface area (Å²) in [5, 5.41) is 1.20. The molecule has 1 aromatic heterocycles. The second kappa shape index (κ2) is 6.37. The van der Waals surface area contributed by atoms with Gasteiger partial charge in [0.05, 0.1) is 12.2 Å². The second-order valence-electron chi connectivity index (χ2n) is 5.49. The lowest BCUT2D eigenvalue weighted by Gasteiger charge is -2.25. The summed E-state index contributed by atoms with van der Waals surface area (Å²) in [5.41, 5.74) is 9.00. The lowest BCUT2D eigenvalue weighted by atomic mass is 10.1. The van der Waals surface area contributed by atoms with Gasteiger partial charge in [-0.25, -0.2) is 4.98 Å². The van der Waals surface area contributed by atoms with Crippen LogP contribution in [0.3, 0.4) is 0 Å². The number of benzene rings is 1. The number of hydrogen-bond donors (Lipinski definition) is 1. The molecule has 0 saturated carbocycles. The molecular weight excluding hydrogens is 266 g/mol. The minimum atomic E-state index is 0.483. The molecule has 20 heavy (non-hydrogen) atoms. The Balaban J connectivity index is 2.09. The number of anilines is 1. The highest BCUT2D eigenvalue weighted by molar-refractivity contribution is 7.11. The monoisotopic (exact) mass is 289 g/mol. The Labute approximate surface area is 125 Å².